The van der Waals surface area contributed by atoms with Crippen molar-refractivity contribution >= 4 is 0 Å². The molecule has 0 spiro atoms. The van der Waals surface area contributed by atoms with Gasteiger partial charge in [-0.2, -0.15) is 8.78 Å². The number of ether oxygens (including phenoxy) is 1. The lowest BCUT2D eigenvalue weighted by Gasteiger charge is -2.38. The summed E-state index contributed by atoms with van der Waals surface area (Å²) in [7, 11) is 0. The van der Waals surface area contributed by atoms with Crippen LogP contribution in [0.25, 0.3) is 0 Å². The molecule has 0 saturated carbocycles. The first-order valence-corrected chi connectivity index (χ1v) is 4.80. The number of aromatic amines is 1. The third-order valence-electron chi connectivity index (χ3n) is 2.37. The van der Waals surface area contributed by atoms with Crippen LogP contribution in [0.3, 0.4) is 0 Å². The van der Waals surface area contributed by atoms with Crippen molar-refractivity contribution in [2.45, 2.75) is 26.2 Å². The maximum Gasteiger partial charge on any atom is 0.345 e. The first kappa shape index (κ1) is 10.5. The number of aryl methyl sites for hydroxylation is 1. The van der Waals surface area contributed by atoms with E-state index in [0.717, 1.165) is 11.5 Å². The highest BCUT2D eigenvalue weighted by Gasteiger charge is 2.29. The molecular weight excluding hydrogens is 204 g/mol. The Hall–Kier alpha value is -1.01. The van der Waals surface area contributed by atoms with E-state index in [1.807, 2.05) is 11.8 Å². The van der Waals surface area contributed by atoms with Crippen LogP contribution in [-0.4, -0.2) is 40.7 Å². The number of alkyl halides is 2. The second-order valence-corrected chi connectivity index (χ2v) is 3.71. The number of hydrogen-bond acceptors (Lipinski definition) is 3. The molecule has 0 unspecified atom stereocenters. The van der Waals surface area contributed by atoms with Gasteiger partial charge in [0.15, 0.2) is 0 Å². The standard InChI is InChI=1S/C9H13F2N3O/c1-6-12-2-7(13-6)3-14-4-8(5-14)15-9(10)11/h2,8-9H,3-5H2,1H3,(H,12,13). The molecule has 1 fully saturated rings. The second kappa shape index (κ2) is 4.24. The van der Waals surface area contributed by atoms with Crippen molar-refractivity contribution in [2.24, 2.45) is 0 Å². The van der Waals surface area contributed by atoms with Crippen molar-refractivity contribution in [1.82, 2.24) is 14.9 Å². The Morgan fingerprint density at radius 1 is 1.67 bits per heavy atom. The van der Waals surface area contributed by atoms with Gasteiger partial charge in [0.1, 0.15) is 5.82 Å². The van der Waals surface area contributed by atoms with Crippen molar-refractivity contribution in [3.8, 4) is 0 Å². The normalized spacial score (nSPS) is 18.4. The lowest BCUT2D eigenvalue weighted by atomic mass is 10.1. The number of hydrogen-bond donors (Lipinski definition) is 1. The van der Waals surface area contributed by atoms with Crippen molar-refractivity contribution in [3.63, 3.8) is 0 Å². The predicted octanol–water partition coefficient (Wildman–Crippen LogP) is 1.14. The molecule has 2 rings (SSSR count). The molecule has 0 radical (unpaired) electrons. The highest BCUT2D eigenvalue weighted by Crippen LogP contribution is 2.16. The van der Waals surface area contributed by atoms with E-state index in [1.54, 1.807) is 6.20 Å². The molecule has 2 heterocycles. The van der Waals surface area contributed by atoms with E-state index in [4.69, 9.17) is 0 Å². The molecule has 1 aromatic heterocycles. The van der Waals surface area contributed by atoms with Gasteiger partial charge in [-0.3, -0.25) is 4.90 Å². The molecule has 1 N–H and O–H groups in total. The second-order valence-electron chi connectivity index (χ2n) is 3.71. The van der Waals surface area contributed by atoms with Crippen LogP contribution < -0.4 is 0 Å². The number of rotatable bonds is 4. The molecule has 1 aliphatic heterocycles. The average molecular weight is 217 g/mol. The SMILES string of the molecule is Cc1ncc(CN2CC(OC(F)F)C2)[nH]1. The molecule has 1 saturated heterocycles. The maximum absolute atomic E-state index is 11.8. The van der Waals surface area contributed by atoms with E-state index in [9.17, 15) is 8.78 Å². The Morgan fingerprint density at radius 3 is 2.93 bits per heavy atom. The van der Waals surface area contributed by atoms with Crippen LogP contribution >= 0.6 is 0 Å². The third-order valence-corrected chi connectivity index (χ3v) is 2.37. The molecule has 1 aromatic rings. The fraction of sp³-hybridized carbons (Fsp3) is 0.667. The highest BCUT2D eigenvalue weighted by atomic mass is 19.3. The minimum Gasteiger partial charge on any atom is -0.345 e. The van der Waals surface area contributed by atoms with E-state index in [2.05, 4.69) is 14.7 Å². The molecule has 0 bridgehead atoms. The minimum absolute atomic E-state index is 0.325. The fourth-order valence-corrected chi connectivity index (χ4v) is 1.68. The van der Waals surface area contributed by atoms with Gasteiger partial charge in [-0.25, -0.2) is 4.98 Å². The summed E-state index contributed by atoms with van der Waals surface area (Å²) in [5.74, 6) is 0.867. The van der Waals surface area contributed by atoms with Crippen LogP contribution in [0.4, 0.5) is 8.78 Å². The van der Waals surface area contributed by atoms with Crippen LogP contribution in [0.5, 0.6) is 0 Å². The Bertz CT molecular complexity index is 323. The summed E-state index contributed by atoms with van der Waals surface area (Å²) >= 11 is 0. The number of nitrogens with zero attached hydrogens (tertiary/aromatic N) is 2. The summed E-state index contributed by atoms with van der Waals surface area (Å²) in [6.07, 6.45) is 1.44. The number of halogens is 2. The zero-order valence-electron chi connectivity index (χ0n) is 8.41. The van der Waals surface area contributed by atoms with Crippen molar-refractivity contribution in [1.29, 1.82) is 0 Å². The topological polar surface area (TPSA) is 41.2 Å². The van der Waals surface area contributed by atoms with Crippen LogP contribution in [-0.2, 0) is 11.3 Å². The lowest BCUT2D eigenvalue weighted by Crippen LogP contribution is -2.52. The number of likely N-dealkylation sites (tertiary alicyclic amines) is 1. The minimum atomic E-state index is -2.66. The van der Waals surface area contributed by atoms with Crippen LogP contribution in [0, 0.1) is 6.92 Å². The van der Waals surface area contributed by atoms with E-state index >= 15 is 0 Å². The van der Waals surface area contributed by atoms with Gasteiger partial charge in [0.2, 0.25) is 0 Å². The van der Waals surface area contributed by atoms with Gasteiger partial charge in [0.25, 0.3) is 0 Å². The van der Waals surface area contributed by atoms with E-state index < -0.39 is 6.61 Å². The maximum atomic E-state index is 11.8. The summed E-state index contributed by atoms with van der Waals surface area (Å²) in [6, 6.07) is 0. The Balaban J connectivity index is 1.72. The predicted molar refractivity (Wildman–Crippen MR) is 49.5 cm³/mol. The summed E-state index contributed by atoms with van der Waals surface area (Å²) in [4.78, 5) is 9.18. The quantitative estimate of drug-likeness (QED) is 0.822. The zero-order valence-corrected chi connectivity index (χ0v) is 8.41. The summed E-state index contributed by atoms with van der Waals surface area (Å²) in [6.45, 7) is 1.04. The molecule has 4 nitrogen and oxygen atoms in total. The monoisotopic (exact) mass is 217 g/mol. The summed E-state index contributed by atoms with van der Waals surface area (Å²) < 4.78 is 28.0. The summed E-state index contributed by atoms with van der Waals surface area (Å²) in [5.41, 5.74) is 1.00. The molecule has 6 heteroatoms. The van der Waals surface area contributed by atoms with E-state index in [0.29, 0.717) is 19.6 Å². The Labute approximate surface area is 86.2 Å². The van der Waals surface area contributed by atoms with Crippen LogP contribution in [0.15, 0.2) is 6.20 Å². The third kappa shape index (κ3) is 2.73. The molecule has 0 aromatic carbocycles. The number of imidazole rings is 1. The van der Waals surface area contributed by atoms with Gasteiger partial charge >= 0.3 is 6.61 Å². The molecule has 84 valence electrons. The number of aromatic nitrogens is 2. The molecular formula is C9H13F2N3O. The van der Waals surface area contributed by atoms with Gasteiger partial charge < -0.3 is 9.72 Å². The molecule has 15 heavy (non-hydrogen) atoms. The smallest absolute Gasteiger partial charge is 0.345 e. The van der Waals surface area contributed by atoms with Gasteiger partial charge in [0.05, 0.1) is 6.10 Å². The van der Waals surface area contributed by atoms with E-state index in [1.165, 1.54) is 0 Å². The number of H-pyrrole nitrogens is 1. The molecule has 0 amide bonds. The van der Waals surface area contributed by atoms with Crippen LogP contribution in [0.1, 0.15) is 11.5 Å². The molecule has 0 atom stereocenters. The van der Waals surface area contributed by atoms with E-state index in [-0.39, 0.29) is 6.10 Å². The van der Waals surface area contributed by atoms with Crippen molar-refractivity contribution in [2.75, 3.05) is 13.1 Å². The summed E-state index contributed by atoms with van der Waals surface area (Å²) in [5, 5.41) is 0. The first-order chi connectivity index (χ1) is 7.13. The largest absolute Gasteiger partial charge is 0.345 e. The Morgan fingerprint density at radius 2 is 2.40 bits per heavy atom. The fourth-order valence-electron chi connectivity index (χ4n) is 1.68. The lowest BCUT2D eigenvalue weighted by molar-refractivity contribution is -0.197. The average Bonchev–Trinajstić information content (AvgIpc) is 2.47. The van der Waals surface area contributed by atoms with Gasteiger partial charge in [-0.05, 0) is 6.92 Å². The van der Waals surface area contributed by atoms with Gasteiger partial charge in [-0.15, -0.1) is 0 Å². The zero-order chi connectivity index (χ0) is 10.8. The van der Waals surface area contributed by atoms with Gasteiger partial charge in [0, 0.05) is 31.5 Å². The van der Waals surface area contributed by atoms with Gasteiger partial charge in [-0.1, -0.05) is 0 Å². The molecule has 0 aliphatic carbocycles. The number of nitrogens with one attached hydrogen (secondary N) is 1. The van der Waals surface area contributed by atoms with Crippen molar-refractivity contribution in [3.05, 3.63) is 17.7 Å². The van der Waals surface area contributed by atoms with Crippen molar-refractivity contribution < 1.29 is 13.5 Å². The Kier molecular flexibility index (Phi) is 2.97. The van der Waals surface area contributed by atoms with Crippen LogP contribution in [0.2, 0.25) is 0 Å². The first-order valence-electron chi connectivity index (χ1n) is 4.80. The highest BCUT2D eigenvalue weighted by molar-refractivity contribution is 5.01. The molecule has 1 aliphatic rings.